The van der Waals surface area contributed by atoms with Crippen LogP contribution in [0.3, 0.4) is 0 Å². The van der Waals surface area contributed by atoms with Gasteiger partial charge in [-0.3, -0.25) is 0 Å². The number of nitrogens with one attached hydrogen (secondary N) is 1. The Morgan fingerprint density at radius 2 is 2.18 bits per heavy atom. The van der Waals surface area contributed by atoms with E-state index in [-0.39, 0.29) is 12.4 Å². The molecule has 3 nitrogen and oxygen atoms in total. The van der Waals surface area contributed by atoms with Crippen LogP contribution in [0.25, 0.3) is 0 Å². The van der Waals surface area contributed by atoms with Crippen LogP contribution >= 0.6 is 24.0 Å². The molecule has 0 aliphatic heterocycles. The average molecular weight is 278 g/mol. The lowest BCUT2D eigenvalue weighted by atomic mass is 10.3. The number of rotatable bonds is 6. The van der Waals surface area contributed by atoms with Gasteiger partial charge in [0, 0.05) is 37.4 Å². The highest BCUT2D eigenvalue weighted by molar-refractivity contribution is 6.30. The van der Waals surface area contributed by atoms with E-state index in [9.17, 15) is 0 Å². The minimum atomic E-state index is 0. The van der Waals surface area contributed by atoms with Crippen molar-refractivity contribution in [2.75, 3.05) is 20.1 Å². The largest absolute Gasteiger partial charge is 0.311 e. The van der Waals surface area contributed by atoms with Crippen LogP contribution in [-0.4, -0.2) is 36.1 Å². The Hall–Kier alpha value is -0.350. The third-order valence-electron chi connectivity index (χ3n) is 2.67. The van der Waals surface area contributed by atoms with Gasteiger partial charge in [0.15, 0.2) is 0 Å². The maximum atomic E-state index is 5.95. The summed E-state index contributed by atoms with van der Waals surface area (Å²) in [6.07, 6.45) is 1.71. The van der Waals surface area contributed by atoms with Crippen molar-refractivity contribution in [3.63, 3.8) is 0 Å². The van der Waals surface area contributed by atoms with Crippen LogP contribution in [0.4, 0.5) is 0 Å². The quantitative estimate of drug-likeness (QED) is 0.640. The van der Waals surface area contributed by atoms with Gasteiger partial charge in [0.1, 0.15) is 5.15 Å². The van der Waals surface area contributed by atoms with E-state index in [2.05, 4.69) is 36.1 Å². The number of halogens is 2. The molecule has 0 atom stereocenters. The van der Waals surface area contributed by atoms with Crippen LogP contribution in [0.5, 0.6) is 0 Å². The van der Waals surface area contributed by atoms with Gasteiger partial charge in [-0.2, -0.15) is 0 Å². The zero-order valence-corrected chi connectivity index (χ0v) is 12.2. The molecule has 5 heteroatoms. The van der Waals surface area contributed by atoms with Gasteiger partial charge >= 0.3 is 0 Å². The summed E-state index contributed by atoms with van der Waals surface area (Å²) in [5.74, 6) is 0. The molecule has 17 heavy (non-hydrogen) atoms. The molecule has 1 N–H and O–H groups in total. The van der Waals surface area contributed by atoms with E-state index in [1.165, 1.54) is 0 Å². The molecule has 1 heterocycles. The van der Waals surface area contributed by atoms with Crippen molar-refractivity contribution in [2.24, 2.45) is 0 Å². The summed E-state index contributed by atoms with van der Waals surface area (Å²) in [6.45, 7) is 7.16. The van der Waals surface area contributed by atoms with E-state index < -0.39 is 0 Å². The number of pyridine rings is 1. The molecule has 0 aromatic carbocycles. The Kier molecular flexibility index (Phi) is 8.52. The summed E-state index contributed by atoms with van der Waals surface area (Å²) in [7, 11) is 2.13. The molecule has 0 aliphatic carbocycles. The van der Waals surface area contributed by atoms with Crippen molar-refractivity contribution in [3.05, 3.63) is 29.0 Å². The smallest absolute Gasteiger partial charge is 0.133 e. The Morgan fingerprint density at radius 1 is 1.47 bits per heavy atom. The van der Waals surface area contributed by atoms with E-state index in [1.807, 2.05) is 12.1 Å². The van der Waals surface area contributed by atoms with Crippen molar-refractivity contribution in [3.8, 4) is 0 Å². The highest BCUT2D eigenvalue weighted by atomic mass is 35.5. The Morgan fingerprint density at radius 3 is 2.76 bits per heavy atom. The summed E-state index contributed by atoms with van der Waals surface area (Å²) in [4.78, 5) is 6.34. The standard InChI is InChI=1S/C12H20ClN3.ClH/c1-10(2)16(3)8-7-14-9-11-5-4-6-15-12(11)13;/h4-6,10,14H,7-9H2,1-3H3;1H. The number of nitrogens with zero attached hydrogens (tertiary/aromatic N) is 2. The van der Waals surface area contributed by atoms with Crippen LogP contribution in [-0.2, 0) is 6.54 Å². The molecule has 98 valence electrons. The van der Waals surface area contributed by atoms with Gasteiger partial charge in [0.2, 0.25) is 0 Å². The lowest BCUT2D eigenvalue weighted by Gasteiger charge is -2.20. The van der Waals surface area contributed by atoms with Gasteiger partial charge in [0.05, 0.1) is 0 Å². The molecule has 1 aromatic rings. The molecule has 0 amide bonds. The van der Waals surface area contributed by atoms with Gasteiger partial charge in [0.25, 0.3) is 0 Å². The highest BCUT2D eigenvalue weighted by Crippen LogP contribution is 2.10. The third-order valence-corrected chi connectivity index (χ3v) is 3.01. The van der Waals surface area contributed by atoms with Crippen molar-refractivity contribution >= 4 is 24.0 Å². The maximum Gasteiger partial charge on any atom is 0.133 e. The minimum Gasteiger partial charge on any atom is -0.311 e. The highest BCUT2D eigenvalue weighted by Gasteiger charge is 2.03. The van der Waals surface area contributed by atoms with Crippen molar-refractivity contribution < 1.29 is 0 Å². The summed E-state index contributed by atoms with van der Waals surface area (Å²) >= 11 is 5.95. The average Bonchev–Trinajstić information content (AvgIpc) is 2.26. The van der Waals surface area contributed by atoms with E-state index in [4.69, 9.17) is 11.6 Å². The van der Waals surface area contributed by atoms with Crippen LogP contribution in [0, 0.1) is 0 Å². The van der Waals surface area contributed by atoms with Crippen LogP contribution in [0.15, 0.2) is 18.3 Å². The maximum absolute atomic E-state index is 5.95. The molecule has 0 radical (unpaired) electrons. The Labute approximate surface area is 115 Å². The van der Waals surface area contributed by atoms with E-state index in [0.29, 0.717) is 11.2 Å². The van der Waals surface area contributed by atoms with Crippen LogP contribution in [0.1, 0.15) is 19.4 Å². The Bertz CT molecular complexity index is 318. The van der Waals surface area contributed by atoms with E-state index >= 15 is 0 Å². The second-order valence-electron chi connectivity index (χ2n) is 4.20. The van der Waals surface area contributed by atoms with Crippen LogP contribution in [0.2, 0.25) is 5.15 Å². The van der Waals surface area contributed by atoms with Gasteiger partial charge in [-0.15, -0.1) is 12.4 Å². The molecular formula is C12H21Cl2N3. The monoisotopic (exact) mass is 277 g/mol. The number of likely N-dealkylation sites (N-methyl/N-ethyl adjacent to an activating group) is 1. The summed E-state index contributed by atoms with van der Waals surface area (Å²) in [5.41, 5.74) is 1.05. The zero-order valence-electron chi connectivity index (χ0n) is 10.6. The van der Waals surface area contributed by atoms with Crippen molar-refractivity contribution in [2.45, 2.75) is 26.4 Å². The fourth-order valence-electron chi connectivity index (χ4n) is 1.29. The second-order valence-corrected chi connectivity index (χ2v) is 4.56. The summed E-state index contributed by atoms with van der Waals surface area (Å²) in [5, 5.41) is 3.95. The van der Waals surface area contributed by atoms with Crippen LogP contribution < -0.4 is 5.32 Å². The Balaban J connectivity index is 0.00000256. The molecule has 0 bridgehead atoms. The van der Waals surface area contributed by atoms with E-state index in [1.54, 1.807) is 6.20 Å². The number of hydrogen-bond donors (Lipinski definition) is 1. The van der Waals surface area contributed by atoms with Gasteiger partial charge < -0.3 is 10.2 Å². The first-order valence-corrected chi connectivity index (χ1v) is 5.99. The summed E-state index contributed by atoms with van der Waals surface area (Å²) in [6, 6.07) is 4.49. The molecule has 1 aromatic heterocycles. The predicted octanol–water partition coefficient (Wildman–Crippen LogP) is 2.59. The molecule has 0 fully saturated rings. The third kappa shape index (κ3) is 6.22. The predicted molar refractivity (Wildman–Crippen MR) is 76.0 cm³/mol. The number of aromatic nitrogens is 1. The molecule has 0 aliphatic rings. The van der Waals surface area contributed by atoms with Crippen molar-refractivity contribution in [1.29, 1.82) is 0 Å². The first-order valence-electron chi connectivity index (χ1n) is 5.61. The molecule has 0 spiro atoms. The van der Waals surface area contributed by atoms with Gasteiger partial charge in [-0.1, -0.05) is 17.7 Å². The summed E-state index contributed by atoms with van der Waals surface area (Å²) < 4.78 is 0. The zero-order chi connectivity index (χ0) is 12.0. The molecular weight excluding hydrogens is 257 g/mol. The molecule has 0 unspecified atom stereocenters. The van der Waals surface area contributed by atoms with Gasteiger partial charge in [-0.05, 0) is 27.0 Å². The lowest BCUT2D eigenvalue weighted by Crippen LogP contribution is -2.33. The van der Waals surface area contributed by atoms with Crippen molar-refractivity contribution in [1.82, 2.24) is 15.2 Å². The molecule has 1 rings (SSSR count). The fourth-order valence-corrected chi connectivity index (χ4v) is 1.47. The first kappa shape index (κ1) is 16.6. The topological polar surface area (TPSA) is 28.2 Å². The SMILES string of the molecule is CC(C)N(C)CCNCc1cccnc1Cl.Cl. The van der Waals surface area contributed by atoms with Gasteiger partial charge in [-0.25, -0.2) is 4.98 Å². The first-order chi connectivity index (χ1) is 7.61. The molecule has 0 saturated carbocycles. The van der Waals surface area contributed by atoms with E-state index in [0.717, 1.165) is 25.2 Å². The fraction of sp³-hybridized carbons (Fsp3) is 0.583. The second kappa shape index (κ2) is 8.70. The lowest BCUT2D eigenvalue weighted by molar-refractivity contribution is 0.273. The normalized spacial score (nSPS) is 10.7. The minimum absolute atomic E-state index is 0. The number of hydrogen-bond acceptors (Lipinski definition) is 3. The molecule has 0 saturated heterocycles.